The van der Waals surface area contributed by atoms with Crippen LogP contribution in [0, 0.1) is 0 Å². The summed E-state index contributed by atoms with van der Waals surface area (Å²) in [6, 6.07) is 7.44. The molecule has 21 heavy (non-hydrogen) atoms. The fourth-order valence-corrected chi connectivity index (χ4v) is 3.28. The Labute approximate surface area is 137 Å². The summed E-state index contributed by atoms with van der Waals surface area (Å²) in [5, 5.41) is 3.46. The van der Waals surface area contributed by atoms with Gasteiger partial charge in [-0.15, -0.1) is 0 Å². The van der Waals surface area contributed by atoms with Crippen LogP contribution in [0.25, 0.3) is 0 Å². The molecule has 1 heterocycles. The van der Waals surface area contributed by atoms with Crippen molar-refractivity contribution < 1.29 is 0 Å². The molecule has 0 bridgehead atoms. The number of benzene rings is 1. The maximum Gasteiger partial charge on any atom is 0.0378 e. The summed E-state index contributed by atoms with van der Waals surface area (Å²) in [6.07, 6.45) is 1.18. The Morgan fingerprint density at radius 3 is 2.48 bits per heavy atom. The highest BCUT2D eigenvalue weighted by molar-refractivity contribution is 9.10. The van der Waals surface area contributed by atoms with Crippen LogP contribution in [-0.4, -0.2) is 43.7 Å². The molecule has 0 saturated carbocycles. The Balaban J connectivity index is 1.94. The van der Waals surface area contributed by atoms with Crippen molar-refractivity contribution in [1.29, 1.82) is 0 Å². The van der Waals surface area contributed by atoms with E-state index in [1.807, 2.05) is 0 Å². The summed E-state index contributed by atoms with van der Waals surface area (Å²) in [5.74, 6) is 0. The molecule has 1 aliphatic heterocycles. The second-order valence-electron chi connectivity index (χ2n) is 6.07. The SMILES string of the molecule is CCCNCc1ccc(N2CCN(C(C)C)CC2)cc1Br. The molecule has 1 aromatic rings. The zero-order chi connectivity index (χ0) is 15.2. The van der Waals surface area contributed by atoms with Gasteiger partial charge >= 0.3 is 0 Å². The first-order valence-corrected chi connectivity index (χ1v) is 8.89. The maximum atomic E-state index is 3.72. The third-order valence-electron chi connectivity index (χ3n) is 4.19. The highest BCUT2D eigenvalue weighted by Gasteiger charge is 2.19. The van der Waals surface area contributed by atoms with E-state index in [4.69, 9.17) is 0 Å². The quantitative estimate of drug-likeness (QED) is 0.789. The van der Waals surface area contributed by atoms with Crippen molar-refractivity contribution in [3.8, 4) is 0 Å². The highest BCUT2D eigenvalue weighted by atomic mass is 79.9. The lowest BCUT2D eigenvalue weighted by molar-refractivity contribution is 0.209. The van der Waals surface area contributed by atoms with E-state index in [-0.39, 0.29) is 0 Å². The van der Waals surface area contributed by atoms with E-state index in [0.29, 0.717) is 6.04 Å². The summed E-state index contributed by atoms with van der Waals surface area (Å²) in [6.45, 7) is 13.3. The molecule has 1 aliphatic rings. The van der Waals surface area contributed by atoms with Gasteiger partial charge in [-0.25, -0.2) is 0 Å². The first-order chi connectivity index (χ1) is 10.1. The predicted molar refractivity (Wildman–Crippen MR) is 95.1 cm³/mol. The van der Waals surface area contributed by atoms with Crippen molar-refractivity contribution in [1.82, 2.24) is 10.2 Å². The predicted octanol–water partition coefficient (Wildman–Crippen LogP) is 3.48. The third kappa shape index (κ3) is 4.70. The Bertz CT molecular complexity index is 440. The number of nitrogens with zero attached hydrogens (tertiary/aromatic N) is 2. The molecule has 118 valence electrons. The minimum absolute atomic E-state index is 0.658. The van der Waals surface area contributed by atoms with Crippen LogP contribution < -0.4 is 10.2 Å². The van der Waals surface area contributed by atoms with Gasteiger partial charge in [-0.3, -0.25) is 4.90 Å². The number of halogens is 1. The summed E-state index contributed by atoms with van der Waals surface area (Å²) >= 11 is 3.72. The van der Waals surface area contributed by atoms with Gasteiger partial charge in [0.2, 0.25) is 0 Å². The maximum absolute atomic E-state index is 3.72. The average Bonchev–Trinajstić information content (AvgIpc) is 2.49. The molecule has 1 fully saturated rings. The monoisotopic (exact) mass is 353 g/mol. The van der Waals surface area contributed by atoms with Crippen LogP contribution in [-0.2, 0) is 6.54 Å². The highest BCUT2D eigenvalue weighted by Crippen LogP contribution is 2.25. The van der Waals surface area contributed by atoms with Crippen molar-refractivity contribution in [2.75, 3.05) is 37.6 Å². The standard InChI is InChI=1S/C17H28BrN3/c1-4-7-19-13-15-5-6-16(12-17(15)18)21-10-8-20(9-11-21)14(2)3/h5-6,12,14,19H,4,7-11,13H2,1-3H3. The van der Waals surface area contributed by atoms with Gasteiger partial charge in [-0.05, 0) is 44.5 Å². The Hall–Kier alpha value is -0.580. The number of piperazine rings is 1. The molecule has 0 spiro atoms. The van der Waals surface area contributed by atoms with Gasteiger partial charge < -0.3 is 10.2 Å². The fraction of sp³-hybridized carbons (Fsp3) is 0.647. The molecule has 1 aromatic carbocycles. The zero-order valence-corrected chi connectivity index (χ0v) is 15.1. The molecule has 0 radical (unpaired) electrons. The molecule has 1 saturated heterocycles. The van der Waals surface area contributed by atoms with E-state index < -0.39 is 0 Å². The number of nitrogens with one attached hydrogen (secondary N) is 1. The molecule has 0 atom stereocenters. The van der Waals surface area contributed by atoms with Crippen molar-refractivity contribution in [3.05, 3.63) is 28.2 Å². The number of anilines is 1. The first-order valence-electron chi connectivity index (χ1n) is 8.10. The molecular weight excluding hydrogens is 326 g/mol. The second kappa shape index (κ2) is 8.16. The van der Waals surface area contributed by atoms with Crippen LogP contribution in [0.15, 0.2) is 22.7 Å². The topological polar surface area (TPSA) is 18.5 Å². The minimum atomic E-state index is 0.658. The smallest absolute Gasteiger partial charge is 0.0378 e. The fourth-order valence-electron chi connectivity index (χ4n) is 2.77. The number of hydrogen-bond donors (Lipinski definition) is 1. The van der Waals surface area contributed by atoms with Crippen molar-refractivity contribution in [2.24, 2.45) is 0 Å². The Kier molecular flexibility index (Phi) is 6.52. The third-order valence-corrected chi connectivity index (χ3v) is 4.93. The molecule has 1 N–H and O–H groups in total. The molecular formula is C17H28BrN3. The lowest BCUT2D eigenvalue weighted by Crippen LogP contribution is -2.48. The van der Waals surface area contributed by atoms with Gasteiger partial charge in [0.05, 0.1) is 0 Å². The molecule has 4 heteroatoms. The Morgan fingerprint density at radius 1 is 1.19 bits per heavy atom. The summed E-state index contributed by atoms with van der Waals surface area (Å²) in [4.78, 5) is 5.04. The first kappa shape index (κ1) is 16.8. The van der Waals surface area contributed by atoms with Crippen molar-refractivity contribution in [3.63, 3.8) is 0 Å². The van der Waals surface area contributed by atoms with E-state index >= 15 is 0 Å². The van der Waals surface area contributed by atoms with E-state index in [1.165, 1.54) is 22.1 Å². The molecule has 3 nitrogen and oxygen atoms in total. The van der Waals surface area contributed by atoms with Gasteiger partial charge in [0.1, 0.15) is 0 Å². The van der Waals surface area contributed by atoms with E-state index in [2.05, 4.69) is 70.0 Å². The largest absolute Gasteiger partial charge is 0.369 e. The average molecular weight is 354 g/mol. The van der Waals surface area contributed by atoms with E-state index in [1.54, 1.807) is 0 Å². The van der Waals surface area contributed by atoms with Crippen LogP contribution in [0.5, 0.6) is 0 Å². The van der Waals surface area contributed by atoms with E-state index in [0.717, 1.165) is 39.3 Å². The lowest BCUT2D eigenvalue weighted by atomic mass is 10.1. The normalized spacial score (nSPS) is 16.7. The van der Waals surface area contributed by atoms with Crippen molar-refractivity contribution in [2.45, 2.75) is 39.8 Å². The lowest BCUT2D eigenvalue weighted by Gasteiger charge is -2.38. The molecule has 0 amide bonds. The summed E-state index contributed by atoms with van der Waals surface area (Å²) < 4.78 is 1.22. The van der Waals surface area contributed by atoms with Gasteiger partial charge in [0.25, 0.3) is 0 Å². The molecule has 2 rings (SSSR count). The van der Waals surface area contributed by atoms with Gasteiger partial charge in [0.15, 0.2) is 0 Å². The molecule has 0 unspecified atom stereocenters. The van der Waals surface area contributed by atoms with E-state index in [9.17, 15) is 0 Å². The van der Waals surface area contributed by atoms with Crippen LogP contribution in [0.3, 0.4) is 0 Å². The molecule has 0 aliphatic carbocycles. The van der Waals surface area contributed by atoms with Crippen molar-refractivity contribution >= 4 is 21.6 Å². The summed E-state index contributed by atoms with van der Waals surface area (Å²) in [7, 11) is 0. The second-order valence-corrected chi connectivity index (χ2v) is 6.92. The van der Waals surface area contributed by atoms with Crippen LogP contribution >= 0.6 is 15.9 Å². The number of rotatable bonds is 6. The Morgan fingerprint density at radius 2 is 1.90 bits per heavy atom. The minimum Gasteiger partial charge on any atom is -0.369 e. The number of hydrogen-bond acceptors (Lipinski definition) is 3. The summed E-state index contributed by atoms with van der Waals surface area (Å²) in [5.41, 5.74) is 2.68. The molecule has 0 aromatic heterocycles. The van der Waals surface area contributed by atoms with Crippen LogP contribution in [0.4, 0.5) is 5.69 Å². The van der Waals surface area contributed by atoms with Crippen LogP contribution in [0.1, 0.15) is 32.8 Å². The zero-order valence-electron chi connectivity index (χ0n) is 13.5. The van der Waals surface area contributed by atoms with Gasteiger partial charge in [0, 0.05) is 48.9 Å². The van der Waals surface area contributed by atoms with Gasteiger partial charge in [-0.1, -0.05) is 28.9 Å². The van der Waals surface area contributed by atoms with Gasteiger partial charge in [-0.2, -0.15) is 0 Å². The van der Waals surface area contributed by atoms with Crippen LogP contribution in [0.2, 0.25) is 0 Å².